The van der Waals surface area contributed by atoms with Crippen LogP contribution in [0.3, 0.4) is 0 Å². The van der Waals surface area contributed by atoms with Crippen molar-refractivity contribution in [3.05, 3.63) is 30.0 Å². The van der Waals surface area contributed by atoms with E-state index in [-0.39, 0.29) is 11.4 Å². The van der Waals surface area contributed by atoms with Crippen molar-refractivity contribution in [2.24, 2.45) is 0 Å². The molecule has 4 nitrogen and oxygen atoms in total. The van der Waals surface area contributed by atoms with Crippen LogP contribution in [0.5, 0.6) is 5.75 Å². The number of carboxylic acid groups (broad SMARTS) is 1. The molecule has 90 valence electrons. The van der Waals surface area contributed by atoms with Crippen molar-refractivity contribution < 1.29 is 19.1 Å². The van der Waals surface area contributed by atoms with Gasteiger partial charge in [0.2, 0.25) is 5.76 Å². The van der Waals surface area contributed by atoms with Gasteiger partial charge in [-0.25, -0.2) is 4.79 Å². The maximum atomic E-state index is 10.8. The van der Waals surface area contributed by atoms with Gasteiger partial charge in [-0.2, -0.15) is 0 Å². The van der Waals surface area contributed by atoms with Gasteiger partial charge in [0.05, 0.1) is 0 Å². The summed E-state index contributed by atoms with van der Waals surface area (Å²) in [5.74, 6) is -0.435. The largest absolute Gasteiger partial charge is 0.488 e. The molecule has 0 atom stereocenters. The van der Waals surface area contributed by atoms with E-state index in [1.807, 2.05) is 20.8 Å². The first kappa shape index (κ1) is 11.5. The van der Waals surface area contributed by atoms with Crippen LogP contribution < -0.4 is 4.74 Å². The molecule has 0 unspecified atom stereocenters. The predicted molar refractivity (Wildman–Crippen MR) is 63.6 cm³/mol. The van der Waals surface area contributed by atoms with Crippen LogP contribution in [0.25, 0.3) is 11.0 Å². The zero-order valence-corrected chi connectivity index (χ0v) is 9.98. The standard InChI is InChI=1S/C13H14O4/c1-13(2,3)17-9-4-5-10-8(6-9)7-11(16-10)12(14)15/h4-7H,1-3H3,(H,14,15). The molecule has 0 amide bonds. The maximum Gasteiger partial charge on any atom is 0.371 e. The number of furan rings is 1. The minimum Gasteiger partial charge on any atom is -0.488 e. The van der Waals surface area contributed by atoms with Gasteiger partial charge in [0.25, 0.3) is 0 Å². The van der Waals surface area contributed by atoms with E-state index in [9.17, 15) is 4.79 Å². The fourth-order valence-electron chi connectivity index (χ4n) is 1.54. The molecule has 17 heavy (non-hydrogen) atoms. The quantitative estimate of drug-likeness (QED) is 0.866. The second kappa shape index (κ2) is 3.80. The lowest BCUT2D eigenvalue weighted by Gasteiger charge is -2.21. The smallest absolute Gasteiger partial charge is 0.371 e. The van der Waals surface area contributed by atoms with Gasteiger partial charge in [0.15, 0.2) is 0 Å². The molecule has 2 aromatic rings. The van der Waals surface area contributed by atoms with Gasteiger partial charge in [-0.05, 0) is 45.0 Å². The van der Waals surface area contributed by atoms with Crippen LogP contribution in [0, 0.1) is 0 Å². The van der Waals surface area contributed by atoms with Gasteiger partial charge < -0.3 is 14.3 Å². The Labute approximate surface area is 98.8 Å². The first-order chi connectivity index (χ1) is 7.85. The summed E-state index contributed by atoms with van der Waals surface area (Å²) in [5.41, 5.74) is 0.260. The summed E-state index contributed by atoms with van der Waals surface area (Å²) in [6.07, 6.45) is 0. The van der Waals surface area contributed by atoms with E-state index in [1.54, 1.807) is 18.2 Å². The molecule has 1 N–H and O–H groups in total. The van der Waals surface area contributed by atoms with Crippen LogP contribution in [0.1, 0.15) is 31.3 Å². The molecule has 1 heterocycles. The average Bonchev–Trinajstić information content (AvgIpc) is 2.57. The van der Waals surface area contributed by atoms with E-state index < -0.39 is 5.97 Å². The third-order valence-electron chi connectivity index (χ3n) is 2.12. The molecule has 0 radical (unpaired) electrons. The van der Waals surface area contributed by atoms with Crippen LogP contribution in [-0.2, 0) is 0 Å². The first-order valence-corrected chi connectivity index (χ1v) is 5.31. The highest BCUT2D eigenvalue weighted by Gasteiger charge is 2.14. The van der Waals surface area contributed by atoms with E-state index in [4.69, 9.17) is 14.3 Å². The van der Waals surface area contributed by atoms with Crippen LogP contribution in [0.4, 0.5) is 0 Å². The number of carboxylic acids is 1. The number of fused-ring (bicyclic) bond motifs is 1. The lowest BCUT2D eigenvalue weighted by molar-refractivity contribution is 0.0665. The van der Waals surface area contributed by atoms with E-state index in [1.165, 1.54) is 6.07 Å². The Morgan fingerprint density at radius 1 is 1.29 bits per heavy atom. The Morgan fingerprint density at radius 3 is 2.59 bits per heavy atom. The SMILES string of the molecule is CC(C)(C)Oc1ccc2oc(C(=O)O)cc2c1. The summed E-state index contributed by atoms with van der Waals surface area (Å²) in [6, 6.07) is 6.75. The highest BCUT2D eigenvalue weighted by atomic mass is 16.5. The first-order valence-electron chi connectivity index (χ1n) is 5.31. The average molecular weight is 234 g/mol. The highest BCUT2D eigenvalue weighted by molar-refractivity contribution is 5.91. The number of benzene rings is 1. The predicted octanol–water partition coefficient (Wildman–Crippen LogP) is 3.31. The highest BCUT2D eigenvalue weighted by Crippen LogP contribution is 2.26. The minimum atomic E-state index is -1.07. The van der Waals surface area contributed by atoms with Gasteiger partial charge in [0.1, 0.15) is 16.9 Å². The molecule has 0 bridgehead atoms. The number of hydrogen-bond acceptors (Lipinski definition) is 3. The van der Waals surface area contributed by atoms with Crippen molar-refractivity contribution >= 4 is 16.9 Å². The van der Waals surface area contributed by atoms with Gasteiger partial charge in [0, 0.05) is 5.39 Å². The molecular weight excluding hydrogens is 220 g/mol. The second-order valence-corrected chi connectivity index (χ2v) is 4.83. The molecule has 0 aliphatic rings. The van der Waals surface area contributed by atoms with Crippen molar-refractivity contribution in [2.45, 2.75) is 26.4 Å². The van der Waals surface area contributed by atoms with Gasteiger partial charge in [-0.3, -0.25) is 0 Å². The molecule has 0 aliphatic heterocycles. The lowest BCUT2D eigenvalue weighted by atomic mass is 10.2. The van der Waals surface area contributed by atoms with Crippen LogP contribution in [0.15, 0.2) is 28.7 Å². The molecule has 0 fully saturated rings. The normalized spacial score (nSPS) is 11.7. The number of carbonyl (C=O) groups is 1. The number of hydrogen-bond donors (Lipinski definition) is 1. The van der Waals surface area contributed by atoms with E-state index in [2.05, 4.69) is 0 Å². The summed E-state index contributed by atoms with van der Waals surface area (Å²) in [5, 5.41) is 9.54. The molecule has 1 aromatic carbocycles. The van der Waals surface area contributed by atoms with E-state index >= 15 is 0 Å². The Morgan fingerprint density at radius 2 is 2.00 bits per heavy atom. The zero-order chi connectivity index (χ0) is 12.6. The monoisotopic (exact) mass is 234 g/mol. The fraction of sp³-hybridized carbons (Fsp3) is 0.308. The maximum absolute atomic E-state index is 10.8. The molecular formula is C13H14O4. The third-order valence-corrected chi connectivity index (χ3v) is 2.12. The molecule has 0 spiro atoms. The molecule has 0 aliphatic carbocycles. The van der Waals surface area contributed by atoms with Gasteiger partial charge in [-0.15, -0.1) is 0 Å². The number of aromatic carboxylic acids is 1. The van der Waals surface area contributed by atoms with Crippen LogP contribution in [0.2, 0.25) is 0 Å². The summed E-state index contributed by atoms with van der Waals surface area (Å²) in [4.78, 5) is 10.8. The molecule has 2 rings (SSSR count). The Hall–Kier alpha value is -1.97. The lowest BCUT2D eigenvalue weighted by Crippen LogP contribution is -2.22. The summed E-state index contributed by atoms with van der Waals surface area (Å²) >= 11 is 0. The van der Waals surface area contributed by atoms with Gasteiger partial charge in [-0.1, -0.05) is 0 Å². The van der Waals surface area contributed by atoms with Crippen molar-refractivity contribution in [2.75, 3.05) is 0 Å². The zero-order valence-electron chi connectivity index (χ0n) is 9.98. The summed E-state index contributed by atoms with van der Waals surface area (Å²) < 4.78 is 10.8. The second-order valence-electron chi connectivity index (χ2n) is 4.83. The molecule has 4 heteroatoms. The Bertz CT molecular complexity index is 560. The Kier molecular flexibility index (Phi) is 2.58. The fourth-order valence-corrected chi connectivity index (χ4v) is 1.54. The van der Waals surface area contributed by atoms with Gasteiger partial charge >= 0.3 is 5.97 Å². The van der Waals surface area contributed by atoms with Crippen LogP contribution >= 0.6 is 0 Å². The van der Waals surface area contributed by atoms with E-state index in [0.29, 0.717) is 11.3 Å². The Balaban J connectivity index is 2.40. The van der Waals surface area contributed by atoms with Crippen LogP contribution in [-0.4, -0.2) is 16.7 Å². The molecule has 0 saturated carbocycles. The number of ether oxygens (including phenoxy) is 1. The van der Waals surface area contributed by atoms with Crippen molar-refractivity contribution in [1.82, 2.24) is 0 Å². The summed E-state index contributed by atoms with van der Waals surface area (Å²) in [6.45, 7) is 5.86. The topological polar surface area (TPSA) is 59.7 Å². The third kappa shape index (κ3) is 2.58. The van der Waals surface area contributed by atoms with Crippen molar-refractivity contribution in [3.8, 4) is 5.75 Å². The minimum absolute atomic E-state index is 0.0621. The van der Waals surface area contributed by atoms with Crippen molar-refractivity contribution in [1.29, 1.82) is 0 Å². The number of rotatable bonds is 2. The van der Waals surface area contributed by atoms with Crippen molar-refractivity contribution in [3.63, 3.8) is 0 Å². The molecule has 0 saturated heterocycles. The van der Waals surface area contributed by atoms with E-state index in [0.717, 1.165) is 5.39 Å². The molecule has 1 aromatic heterocycles. The summed E-state index contributed by atoms with van der Waals surface area (Å²) in [7, 11) is 0.